The summed E-state index contributed by atoms with van der Waals surface area (Å²) in [4.78, 5) is 32.9. The van der Waals surface area contributed by atoms with Crippen LogP contribution in [0.1, 0.15) is 32.3 Å². The number of piperidine rings is 1. The van der Waals surface area contributed by atoms with Crippen molar-refractivity contribution in [2.45, 2.75) is 38.8 Å². The van der Waals surface area contributed by atoms with Gasteiger partial charge in [-0.3, -0.25) is 9.69 Å². The summed E-state index contributed by atoms with van der Waals surface area (Å²) in [5, 5.41) is 2.20. The Kier molecular flexibility index (Phi) is 6.30. The van der Waals surface area contributed by atoms with Gasteiger partial charge in [0.2, 0.25) is 0 Å². The molecule has 0 radical (unpaired) electrons. The molecule has 2 aliphatic rings. The zero-order valence-corrected chi connectivity index (χ0v) is 18.8. The van der Waals surface area contributed by atoms with Gasteiger partial charge in [-0.05, 0) is 35.1 Å². The van der Waals surface area contributed by atoms with Gasteiger partial charge in [-0.25, -0.2) is 4.79 Å². The van der Waals surface area contributed by atoms with Gasteiger partial charge in [0.1, 0.15) is 5.54 Å². The van der Waals surface area contributed by atoms with Crippen LogP contribution in [0.5, 0.6) is 0 Å². The molecule has 1 spiro atoms. The molecule has 0 bridgehead atoms. The Morgan fingerprint density at radius 2 is 1.74 bits per heavy atom. The number of nitrogens with zero attached hydrogens (tertiary/aromatic N) is 3. The number of methoxy groups -OCH3 is 1. The van der Waals surface area contributed by atoms with E-state index in [2.05, 4.69) is 36.9 Å². The second kappa shape index (κ2) is 8.97. The third-order valence-corrected chi connectivity index (χ3v) is 6.66. The third kappa shape index (κ3) is 4.06. The number of carbonyl (C=O) groups excluding carboxylic acids is 2. The zero-order valence-electron chi connectivity index (χ0n) is 18.8. The third-order valence-electron chi connectivity index (χ3n) is 6.66. The SMILES string of the molecule is COCCN1C(=O)N(Cc2cccc3ccccc23)C(=O)C12CCN(CC(C)C)CC2. The van der Waals surface area contributed by atoms with E-state index >= 15 is 0 Å². The molecule has 2 saturated heterocycles. The van der Waals surface area contributed by atoms with Gasteiger partial charge in [0.05, 0.1) is 13.2 Å². The van der Waals surface area contributed by atoms with Gasteiger partial charge in [-0.1, -0.05) is 56.3 Å². The quantitative estimate of drug-likeness (QED) is 0.637. The number of hydrogen-bond acceptors (Lipinski definition) is 4. The van der Waals surface area contributed by atoms with Crippen LogP contribution in [0, 0.1) is 5.92 Å². The van der Waals surface area contributed by atoms with Crippen molar-refractivity contribution in [3.63, 3.8) is 0 Å². The molecule has 0 unspecified atom stereocenters. The minimum atomic E-state index is -0.742. The summed E-state index contributed by atoms with van der Waals surface area (Å²) < 4.78 is 5.27. The van der Waals surface area contributed by atoms with Crippen LogP contribution in [0.15, 0.2) is 42.5 Å². The number of hydrogen-bond donors (Lipinski definition) is 0. The van der Waals surface area contributed by atoms with E-state index in [4.69, 9.17) is 4.74 Å². The highest BCUT2D eigenvalue weighted by molar-refractivity contribution is 6.07. The monoisotopic (exact) mass is 423 g/mol. The smallest absolute Gasteiger partial charge is 0.328 e. The Morgan fingerprint density at radius 3 is 2.45 bits per heavy atom. The van der Waals surface area contributed by atoms with Crippen molar-refractivity contribution in [2.75, 3.05) is 39.9 Å². The standard InChI is InChI=1S/C25H33N3O3/c1-19(2)17-26-13-11-25(12-14-26)23(29)27(24(30)28(25)15-16-31-3)18-21-9-6-8-20-7-4-5-10-22(20)21/h4-10,19H,11-18H2,1-3H3. The summed E-state index contributed by atoms with van der Waals surface area (Å²) in [7, 11) is 1.63. The van der Waals surface area contributed by atoms with E-state index in [1.807, 2.05) is 24.3 Å². The zero-order chi connectivity index (χ0) is 22.0. The Balaban J connectivity index is 1.61. The molecule has 6 nitrogen and oxygen atoms in total. The molecule has 31 heavy (non-hydrogen) atoms. The van der Waals surface area contributed by atoms with Crippen molar-refractivity contribution >= 4 is 22.7 Å². The number of urea groups is 1. The molecule has 2 aromatic rings. The molecule has 0 atom stereocenters. The van der Waals surface area contributed by atoms with Gasteiger partial charge >= 0.3 is 6.03 Å². The lowest BCUT2D eigenvalue weighted by molar-refractivity contribution is -0.136. The van der Waals surface area contributed by atoms with Crippen LogP contribution < -0.4 is 0 Å². The average Bonchev–Trinajstić information content (AvgIpc) is 2.95. The first-order chi connectivity index (χ1) is 15.0. The fourth-order valence-corrected chi connectivity index (χ4v) is 5.12. The van der Waals surface area contributed by atoms with Crippen LogP contribution in [0.3, 0.4) is 0 Å². The highest BCUT2D eigenvalue weighted by Gasteiger charge is 2.57. The average molecular weight is 424 g/mol. The van der Waals surface area contributed by atoms with Gasteiger partial charge < -0.3 is 14.5 Å². The summed E-state index contributed by atoms with van der Waals surface area (Å²) in [5.74, 6) is 0.535. The topological polar surface area (TPSA) is 53.1 Å². The molecule has 2 aromatic carbocycles. The fraction of sp³-hybridized carbons (Fsp3) is 0.520. The highest BCUT2D eigenvalue weighted by Crippen LogP contribution is 2.38. The molecule has 0 saturated carbocycles. The molecular formula is C25H33N3O3. The van der Waals surface area contributed by atoms with Crippen LogP contribution in [0.25, 0.3) is 10.8 Å². The molecule has 6 heteroatoms. The first-order valence-electron chi connectivity index (χ1n) is 11.3. The number of rotatable bonds is 7. The van der Waals surface area contributed by atoms with Crippen molar-refractivity contribution in [3.05, 3.63) is 48.0 Å². The number of carbonyl (C=O) groups is 2. The van der Waals surface area contributed by atoms with Crippen LogP contribution in [0.4, 0.5) is 4.79 Å². The van der Waals surface area contributed by atoms with Gasteiger partial charge in [-0.2, -0.15) is 0 Å². The minimum absolute atomic E-state index is 0.0502. The lowest BCUT2D eigenvalue weighted by atomic mass is 9.85. The number of imide groups is 1. The number of benzene rings is 2. The second-order valence-electron chi connectivity index (χ2n) is 9.18. The molecular weight excluding hydrogens is 390 g/mol. The molecule has 4 rings (SSSR count). The Labute approximate surface area is 184 Å². The molecule has 0 aliphatic carbocycles. The van der Waals surface area contributed by atoms with E-state index in [1.54, 1.807) is 12.0 Å². The first-order valence-corrected chi connectivity index (χ1v) is 11.3. The first kappa shape index (κ1) is 21.8. The largest absolute Gasteiger partial charge is 0.383 e. The molecule has 3 amide bonds. The number of amides is 3. The summed E-state index contributed by atoms with van der Waals surface area (Å²) in [6.45, 7) is 8.30. The maximum Gasteiger partial charge on any atom is 0.328 e. The van der Waals surface area contributed by atoms with Crippen molar-refractivity contribution < 1.29 is 14.3 Å². The number of ether oxygens (including phenoxy) is 1. The Morgan fingerprint density at radius 1 is 1.03 bits per heavy atom. The number of fused-ring (bicyclic) bond motifs is 1. The van der Waals surface area contributed by atoms with Gasteiger partial charge in [-0.15, -0.1) is 0 Å². The van der Waals surface area contributed by atoms with E-state index in [-0.39, 0.29) is 11.9 Å². The lowest BCUT2D eigenvalue weighted by Gasteiger charge is -2.42. The molecule has 166 valence electrons. The summed E-state index contributed by atoms with van der Waals surface area (Å²) >= 11 is 0. The molecule has 0 aromatic heterocycles. The fourth-order valence-electron chi connectivity index (χ4n) is 5.12. The molecule has 2 aliphatic heterocycles. The maximum atomic E-state index is 13.7. The summed E-state index contributed by atoms with van der Waals surface area (Å²) in [6.07, 6.45) is 1.36. The van der Waals surface area contributed by atoms with Crippen LogP contribution >= 0.6 is 0 Å². The molecule has 2 heterocycles. The van der Waals surface area contributed by atoms with Gasteiger partial charge in [0.15, 0.2) is 0 Å². The lowest BCUT2D eigenvalue weighted by Crippen LogP contribution is -2.57. The Hall–Kier alpha value is -2.44. The van der Waals surface area contributed by atoms with E-state index in [9.17, 15) is 9.59 Å². The summed E-state index contributed by atoms with van der Waals surface area (Å²) in [5.41, 5.74) is 0.258. The van der Waals surface area contributed by atoms with Crippen molar-refractivity contribution in [2.24, 2.45) is 5.92 Å². The predicted octanol–water partition coefficient (Wildman–Crippen LogP) is 3.74. The predicted molar refractivity (Wildman–Crippen MR) is 122 cm³/mol. The van der Waals surface area contributed by atoms with Crippen LogP contribution in [-0.4, -0.2) is 72.1 Å². The molecule has 2 fully saturated rings. The van der Waals surface area contributed by atoms with Crippen molar-refractivity contribution in [1.82, 2.24) is 14.7 Å². The van der Waals surface area contributed by atoms with Crippen LogP contribution in [-0.2, 0) is 16.1 Å². The molecule has 0 N–H and O–H groups in total. The highest BCUT2D eigenvalue weighted by atomic mass is 16.5. The van der Waals surface area contributed by atoms with Crippen molar-refractivity contribution in [1.29, 1.82) is 0 Å². The minimum Gasteiger partial charge on any atom is -0.383 e. The van der Waals surface area contributed by atoms with E-state index < -0.39 is 5.54 Å². The van der Waals surface area contributed by atoms with E-state index in [0.29, 0.717) is 38.5 Å². The van der Waals surface area contributed by atoms with Crippen LogP contribution in [0.2, 0.25) is 0 Å². The normalized spacial score (nSPS) is 19.4. The summed E-state index contributed by atoms with van der Waals surface area (Å²) in [6, 6.07) is 14.0. The second-order valence-corrected chi connectivity index (χ2v) is 9.18. The van der Waals surface area contributed by atoms with Crippen molar-refractivity contribution in [3.8, 4) is 0 Å². The van der Waals surface area contributed by atoms with Gasteiger partial charge in [0.25, 0.3) is 5.91 Å². The number of likely N-dealkylation sites (tertiary alicyclic amines) is 1. The van der Waals surface area contributed by atoms with E-state index in [0.717, 1.165) is 36.0 Å². The Bertz CT molecular complexity index is 945. The van der Waals surface area contributed by atoms with Gasteiger partial charge in [0, 0.05) is 33.3 Å². The van der Waals surface area contributed by atoms with E-state index in [1.165, 1.54) is 4.90 Å². The maximum absolute atomic E-state index is 13.7.